The molecule has 1 aromatic rings. The summed E-state index contributed by atoms with van der Waals surface area (Å²) in [4.78, 5) is 24.6. The number of amides is 1. The highest BCUT2D eigenvalue weighted by Gasteiger charge is 2.41. The van der Waals surface area contributed by atoms with E-state index in [9.17, 15) is 18.4 Å². The Kier molecular flexibility index (Phi) is 5.35. The number of aldehydes is 1. The maximum absolute atomic E-state index is 14.3. The van der Waals surface area contributed by atoms with Crippen molar-refractivity contribution < 1.29 is 27.8 Å². The first-order valence-corrected chi connectivity index (χ1v) is 6.93. The van der Waals surface area contributed by atoms with Crippen molar-refractivity contribution in [2.75, 3.05) is 14.2 Å². The van der Waals surface area contributed by atoms with Gasteiger partial charge in [-0.2, -0.15) is 0 Å². The van der Waals surface area contributed by atoms with E-state index in [2.05, 4.69) is 0 Å². The Morgan fingerprint density at radius 3 is 2.00 bits per heavy atom. The van der Waals surface area contributed by atoms with Crippen molar-refractivity contribution in [3.63, 3.8) is 0 Å². The molecule has 0 saturated heterocycles. The number of hydrogen-bond donors (Lipinski definition) is 0. The zero-order chi connectivity index (χ0) is 18.0. The lowest BCUT2D eigenvalue weighted by Gasteiger charge is -2.36. The van der Waals surface area contributed by atoms with Crippen molar-refractivity contribution in [1.82, 2.24) is 4.90 Å². The molecule has 23 heavy (non-hydrogen) atoms. The minimum atomic E-state index is -1.87. The summed E-state index contributed by atoms with van der Waals surface area (Å²) in [5.74, 6) is -2.02. The second-order valence-electron chi connectivity index (χ2n) is 6.27. The number of likely N-dealkylation sites (N-methyl/N-ethyl adjacent to an activating group) is 1. The summed E-state index contributed by atoms with van der Waals surface area (Å²) >= 11 is 0. The lowest BCUT2D eigenvalue weighted by atomic mass is 9.91. The van der Waals surface area contributed by atoms with Gasteiger partial charge in [0.2, 0.25) is 0 Å². The molecule has 0 N–H and O–H groups in total. The number of halogens is 2. The highest BCUT2D eigenvalue weighted by molar-refractivity contribution is 5.78. The van der Waals surface area contributed by atoms with Gasteiger partial charge in [-0.25, -0.2) is 13.6 Å². The molecule has 0 aliphatic carbocycles. The summed E-state index contributed by atoms with van der Waals surface area (Å²) in [5.41, 5.74) is -3.24. The van der Waals surface area contributed by atoms with Crippen LogP contribution in [-0.4, -0.2) is 37.0 Å². The molecule has 0 spiro atoms. The van der Waals surface area contributed by atoms with Crippen molar-refractivity contribution in [2.45, 2.75) is 38.8 Å². The van der Waals surface area contributed by atoms with E-state index in [0.29, 0.717) is 6.29 Å². The van der Waals surface area contributed by atoms with Gasteiger partial charge in [-0.15, -0.1) is 0 Å². The predicted molar refractivity (Wildman–Crippen MR) is 80.3 cm³/mol. The van der Waals surface area contributed by atoms with Crippen LogP contribution in [0.5, 0.6) is 5.75 Å². The summed E-state index contributed by atoms with van der Waals surface area (Å²) in [6.07, 6.45) is -0.577. The van der Waals surface area contributed by atoms with Crippen molar-refractivity contribution in [3.05, 3.63) is 29.3 Å². The Balaban J connectivity index is 3.35. The minimum absolute atomic E-state index is 0.0306. The lowest BCUT2D eigenvalue weighted by molar-refractivity contribution is -0.117. The minimum Gasteiger partial charge on any atom is -0.497 e. The van der Waals surface area contributed by atoms with E-state index in [0.717, 1.165) is 17.0 Å². The first kappa shape index (κ1) is 18.9. The molecular formula is C16H21F2NO4. The molecule has 0 heterocycles. The number of methoxy groups -OCH3 is 1. The van der Waals surface area contributed by atoms with E-state index in [-0.39, 0.29) is 5.75 Å². The van der Waals surface area contributed by atoms with Crippen molar-refractivity contribution >= 4 is 12.4 Å². The van der Waals surface area contributed by atoms with E-state index < -0.39 is 34.4 Å². The van der Waals surface area contributed by atoms with Gasteiger partial charge in [-0.05, 0) is 27.7 Å². The second kappa shape index (κ2) is 6.52. The van der Waals surface area contributed by atoms with Crippen LogP contribution >= 0.6 is 0 Å². The third-order valence-corrected chi connectivity index (χ3v) is 3.35. The van der Waals surface area contributed by atoms with Gasteiger partial charge in [-0.3, -0.25) is 4.90 Å². The van der Waals surface area contributed by atoms with E-state index in [1.54, 1.807) is 20.8 Å². The molecule has 7 heteroatoms. The van der Waals surface area contributed by atoms with Gasteiger partial charge >= 0.3 is 6.09 Å². The number of carbonyl (C=O) groups excluding carboxylic acids is 2. The Bertz CT molecular complexity index is 590. The second-order valence-corrected chi connectivity index (χ2v) is 6.27. The van der Waals surface area contributed by atoms with Crippen LogP contribution in [0.2, 0.25) is 0 Å². The molecule has 0 radical (unpaired) electrons. The molecule has 0 aliphatic heterocycles. The van der Waals surface area contributed by atoms with E-state index in [4.69, 9.17) is 9.47 Å². The molecule has 0 bridgehead atoms. The average Bonchev–Trinajstić information content (AvgIpc) is 2.43. The Hall–Kier alpha value is -2.18. The maximum Gasteiger partial charge on any atom is 0.411 e. The van der Waals surface area contributed by atoms with Gasteiger partial charge in [0, 0.05) is 19.2 Å². The number of hydrogen-bond acceptors (Lipinski definition) is 4. The Labute approximate surface area is 134 Å². The quantitative estimate of drug-likeness (QED) is 0.796. The van der Waals surface area contributed by atoms with Crippen molar-refractivity contribution in [2.24, 2.45) is 0 Å². The predicted octanol–water partition coefficient (Wildman–Crippen LogP) is 3.25. The number of rotatable bonds is 4. The van der Waals surface area contributed by atoms with Crippen LogP contribution in [0.25, 0.3) is 0 Å². The van der Waals surface area contributed by atoms with Gasteiger partial charge in [0.15, 0.2) is 0 Å². The average molecular weight is 329 g/mol. The molecular weight excluding hydrogens is 308 g/mol. The highest BCUT2D eigenvalue weighted by Crippen LogP contribution is 2.33. The summed E-state index contributed by atoms with van der Waals surface area (Å²) in [6, 6.07) is 1.90. The van der Waals surface area contributed by atoms with E-state index in [1.165, 1.54) is 21.1 Å². The fourth-order valence-electron chi connectivity index (χ4n) is 1.98. The number of ether oxygens (including phenoxy) is 2. The van der Waals surface area contributed by atoms with Crippen LogP contribution in [-0.2, 0) is 15.1 Å². The Morgan fingerprint density at radius 2 is 1.65 bits per heavy atom. The summed E-state index contributed by atoms with van der Waals surface area (Å²) in [5, 5.41) is 0. The zero-order valence-electron chi connectivity index (χ0n) is 14.1. The van der Waals surface area contributed by atoms with Crippen LogP contribution in [0, 0.1) is 11.6 Å². The van der Waals surface area contributed by atoms with E-state index >= 15 is 0 Å². The van der Waals surface area contributed by atoms with Gasteiger partial charge < -0.3 is 14.3 Å². The highest BCUT2D eigenvalue weighted by atomic mass is 19.1. The van der Waals surface area contributed by atoms with Gasteiger partial charge in [0.25, 0.3) is 0 Å². The fourth-order valence-corrected chi connectivity index (χ4v) is 1.98. The third kappa shape index (κ3) is 3.97. The van der Waals surface area contributed by atoms with Crippen molar-refractivity contribution in [1.29, 1.82) is 0 Å². The van der Waals surface area contributed by atoms with Crippen molar-refractivity contribution in [3.8, 4) is 5.75 Å². The number of nitrogens with zero attached hydrogens (tertiary/aromatic N) is 1. The Morgan fingerprint density at radius 1 is 1.17 bits per heavy atom. The van der Waals surface area contributed by atoms with Crippen LogP contribution in [0.15, 0.2) is 12.1 Å². The normalized spacial score (nSPS) is 13.9. The SMILES string of the molecule is COc1cc(F)c(C(C)(C=O)N(C)C(=O)OC(C)(C)C)c(F)c1. The third-order valence-electron chi connectivity index (χ3n) is 3.35. The molecule has 128 valence electrons. The standard InChI is InChI=1S/C16H21F2NO4/c1-15(2,3)23-14(21)19(5)16(4,9-20)13-11(17)7-10(22-6)8-12(13)18/h7-9H,1-6H3. The first-order chi connectivity index (χ1) is 10.5. The van der Waals surface area contributed by atoms with Gasteiger partial charge in [-0.1, -0.05) is 0 Å². The maximum atomic E-state index is 14.3. The summed E-state index contributed by atoms with van der Waals surface area (Å²) in [7, 11) is 2.51. The smallest absolute Gasteiger partial charge is 0.411 e. The zero-order valence-corrected chi connectivity index (χ0v) is 14.1. The van der Waals surface area contributed by atoms with Crippen LogP contribution < -0.4 is 4.74 Å². The van der Waals surface area contributed by atoms with Gasteiger partial charge in [0.1, 0.15) is 34.8 Å². The van der Waals surface area contributed by atoms with Crippen LogP contribution in [0.1, 0.15) is 33.3 Å². The fraction of sp³-hybridized carbons (Fsp3) is 0.500. The molecule has 1 rings (SSSR count). The molecule has 1 amide bonds. The monoisotopic (exact) mass is 329 g/mol. The van der Waals surface area contributed by atoms with E-state index in [1.807, 2.05) is 0 Å². The molecule has 1 unspecified atom stereocenters. The topological polar surface area (TPSA) is 55.8 Å². The van der Waals surface area contributed by atoms with Crippen LogP contribution in [0.4, 0.5) is 13.6 Å². The van der Waals surface area contributed by atoms with Gasteiger partial charge in [0.05, 0.1) is 12.7 Å². The first-order valence-electron chi connectivity index (χ1n) is 6.93. The largest absolute Gasteiger partial charge is 0.497 e. The lowest BCUT2D eigenvalue weighted by Crippen LogP contribution is -2.49. The summed E-state index contributed by atoms with van der Waals surface area (Å²) < 4.78 is 38.5. The van der Waals surface area contributed by atoms with Crippen LogP contribution in [0.3, 0.4) is 0 Å². The molecule has 5 nitrogen and oxygen atoms in total. The number of carbonyl (C=O) groups is 2. The molecule has 1 atom stereocenters. The molecule has 0 aromatic heterocycles. The molecule has 0 aliphatic rings. The summed E-state index contributed by atoms with van der Waals surface area (Å²) in [6.45, 7) is 6.17. The molecule has 1 aromatic carbocycles. The molecule has 0 fully saturated rings. The number of benzene rings is 1. The molecule has 0 saturated carbocycles.